The third kappa shape index (κ3) is 8.13. The number of aliphatic hydroxyl groups excluding tert-OH is 1. The highest BCUT2D eigenvalue weighted by molar-refractivity contribution is 7.98. The molecule has 4 aliphatic rings. The Labute approximate surface area is 375 Å². The van der Waals surface area contributed by atoms with Gasteiger partial charge in [0, 0.05) is 29.7 Å². The summed E-state index contributed by atoms with van der Waals surface area (Å²) in [5, 5.41) is 41.6. The number of nitrogens with one attached hydrogen (secondary N) is 1. The fourth-order valence-corrected chi connectivity index (χ4v) is 10.6. The number of esters is 2. The predicted molar refractivity (Wildman–Crippen MR) is 232 cm³/mol. The van der Waals surface area contributed by atoms with Crippen molar-refractivity contribution in [2.45, 2.75) is 101 Å². The van der Waals surface area contributed by atoms with Crippen LogP contribution < -0.4 is 5.32 Å². The van der Waals surface area contributed by atoms with Crippen LogP contribution in [-0.4, -0.2) is 118 Å². The molecular weight excluding hydrogens is 847 g/mol. The Balaban J connectivity index is 1.37. The molecule has 10 unspecified atom stereocenters. The molecule has 1 amide bonds. The van der Waals surface area contributed by atoms with Crippen LogP contribution in [0, 0.1) is 16.7 Å². The van der Waals surface area contributed by atoms with Crippen LogP contribution in [0.4, 0.5) is 4.79 Å². The highest BCUT2D eigenvalue weighted by atomic mass is 32.2. The van der Waals surface area contributed by atoms with Crippen molar-refractivity contribution in [3.05, 3.63) is 119 Å². The molecule has 3 aromatic rings. The Morgan fingerprint density at radius 1 is 0.906 bits per heavy atom. The molecule has 15 nitrogen and oxygen atoms in total. The summed E-state index contributed by atoms with van der Waals surface area (Å²) in [5.74, 6) is -4.74. The fraction of sp³-hybridized carbons (Fsp3) is 0.479. The van der Waals surface area contributed by atoms with Crippen LogP contribution in [-0.2, 0) is 38.0 Å². The number of aliphatic hydroxyl groups is 3. The van der Waals surface area contributed by atoms with Crippen LogP contribution in [0.1, 0.15) is 79.8 Å². The van der Waals surface area contributed by atoms with Crippen LogP contribution in [0.15, 0.2) is 102 Å². The molecule has 1 heterocycles. The number of rotatable bonds is 13. The summed E-state index contributed by atoms with van der Waals surface area (Å²) >= 11 is 1.35. The average Bonchev–Trinajstić information content (AvgIpc) is 3.28. The van der Waals surface area contributed by atoms with E-state index in [2.05, 4.69) is 5.32 Å². The number of carbonyl (C=O) groups excluding carboxylic acids is 5. The molecule has 3 aliphatic carbocycles. The number of thioether (sulfide) groups is 1. The minimum absolute atomic E-state index is 0.00748. The molecule has 7 rings (SSSR count). The maximum atomic E-state index is 15.3. The lowest BCUT2D eigenvalue weighted by Crippen LogP contribution is -2.81. The van der Waals surface area contributed by atoms with E-state index in [1.807, 2.05) is 6.26 Å². The molecule has 16 heteroatoms. The van der Waals surface area contributed by atoms with Crippen LogP contribution >= 0.6 is 11.8 Å². The number of hydrogen-bond acceptors (Lipinski definition) is 15. The second kappa shape index (κ2) is 18.4. The average molecular weight is 902 g/mol. The van der Waals surface area contributed by atoms with Gasteiger partial charge >= 0.3 is 18.1 Å². The van der Waals surface area contributed by atoms with Gasteiger partial charge in [0.1, 0.15) is 35.6 Å². The Morgan fingerprint density at radius 3 is 2.09 bits per heavy atom. The molecule has 64 heavy (non-hydrogen) atoms. The third-order valence-electron chi connectivity index (χ3n) is 13.7. The molecule has 1 saturated heterocycles. The smallest absolute Gasteiger partial charge is 0.455 e. The first kappa shape index (κ1) is 46.9. The molecule has 0 spiro atoms. The van der Waals surface area contributed by atoms with Crippen LogP contribution in [0.3, 0.4) is 0 Å². The zero-order valence-corrected chi connectivity index (χ0v) is 37.4. The van der Waals surface area contributed by atoms with Crippen molar-refractivity contribution in [2.24, 2.45) is 16.7 Å². The van der Waals surface area contributed by atoms with Gasteiger partial charge in [0.2, 0.25) is 6.10 Å². The third-order valence-corrected chi connectivity index (χ3v) is 14.1. The van der Waals surface area contributed by atoms with Crippen molar-refractivity contribution in [1.29, 1.82) is 0 Å². The zero-order chi connectivity index (χ0) is 46.2. The SMILES string of the molecule is CCOC(=O)OC(C(=O)OC1CC2(O)C(OC(=O)c3ccccc3)C3C4(O)COC4CC(OCSC)[C@@]3(C)C(=O)C(O)C(=C1C)C2(C)C)C(NC(=O)c1ccccc1)c1ccccc1. The van der Waals surface area contributed by atoms with E-state index in [0.29, 0.717) is 5.56 Å². The number of ketones is 1. The van der Waals surface area contributed by atoms with E-state index in [9.17, 15) is 34.5 Å². The first-order chi connectivity index (χ1) is 30.4. The van der Waals surface area contributed by atoms with Gasteiger partial charge in [-0.15, -0.1) is 11.8 Å². The summed E-state index contributed by atoms with van der Waals surface area (Å²) in [6.45, 7) is 7.44. The highest BCUT2D eigenvalue weighted by Crippen LogP contribution is 2.63. The minimum Gasteiger partial charge on any atom is -0.455 e. The Kier molecular flexibility index (Phi) is 13.5. The molecule has 2 bridgehead atoms. The number of ether oxygens (including phenoxy) is 6. The Bertz CT molecular complexity index is 2260. The van der Waals surface area contributed by atoms with Gasteiger partial charge in [-0.05, 0) is 68.0 Å². The van der Waals surface area contributed by atoms with Crippen molar-refractivity contribution < 1.29 is 67.7 Å². The van der Waals surface area contributed by atoms with E-state index in [-0.39, 0.29) is 47.8 Å². The normalized spacial score (nSPS) is 31.3. The molecular formula is C48H55NO14S. The number of benzene rings is 3. The van der Waals surface area contributed by atoms with Gasteiger partial charge in [-0.3, -0.25) is 9.59 Å². The molecule has 3 aromatic carbocycles. The summed E-state index contributed by atoms with van der Waals surface area (Å²) in [4.78, 5) is 71.2. The van der Waals surface area contributed by atoms with Crippen molar-refractivity contribution in [3.63, 3.8) is 0 Å². The van der Waals surface area contributed by atoms with Gasteiger partial charge in [0.25, 0.3) is 5.91 Å². The molecule has 4 N–H and O–H groups in total. The summed E-state index contributed by atoms with van der Waals surface area (Å²) in [5.41, 5.74) is -6.68. The Morgan fingerprint density at radius 2 is 1.52 bits per heavy atom. The van der Waals surface area contributed by atoms with Crippen LogP contribution in [0.25, 0.3) is 0 Å². The van der Waals surface area contributed by atoms with E-state index >= 15 is 4.79 Å². The van der Waals surface area contributed by atoms with Crippen molar-refractivity contribution in [1.82, 2.24) is 5.32 Å². The van der Waals surface area contributed by atoms with Gasteiger partial charge in [0.05, 0.1) is 42.3 Å². The lowest BCUT2D eigenvalue weighted by atomic mass is 9.44. The van der Waals surface area contributed by atoms with Gasteiger partial charge < -0.3 is 49.1 Å². The number of fused-ring (bicyclic) bond motifs is 5. The van der Waals surface area contributed by atoms with E-state index in [4.69, 9.17) is 28.4 Å². The lowest BCUT2D eigenvalue weighted by Gasteiger charge is -2.67. The molecule has 11 atom stereocenters. The summed E-state index contributed by atoms with van der Waals surface area (Å²) in [6.07, 6.45) is -8.80. The topological polar surface area (TPSA) is 213 Å². The molecule has 0 radical (unpaired) electrons. The minimum atomic E-state index is -2.32. The summed E-state index contributed by atoms with van der Waals surface area (Å²) in [6, 6.07) is 23.1. The number of carbonyl (C=O) groups is 5. The van der Waals surface area contributed by atoms with E-state index in [0.717, 1.165) is 0 Å². The number of amides is 1. The summed E-state index contributed by atoms with van der Waals surface area (Å²) in [7, 11) is 0. The van der Waals surface area contributed by atoms with Crippen LogP contribution in [0.5, 0.6) is 0 Å². The van der Waals surface area contributed by atoms with Gasteiger partial charge in [0.15, 0.2) is 5.78 Å². The molecule has 342 valence electrons. The zero-order valence-electron chi connectivity index (χ0n) is 36.6. The number of Topliss-reactive ketones (excluding diaryl/α,β-unsaturated/α-hetero) is 1. The van der Waals surface area contributed by atoms with Crippen LogP contribution in [0.2, 0.25) is 0 Å². The second-order valence-corrected chi connectivity index (χ2v) is 18.3. The number of hydrogen-bond donors (Lipinski definition) is 4. The largest absolute Gasteiger partial charge is 0.509 e. The molecule has 3 fully saturated rings. The second-order valence-electron chi connectivity index (χ2n) is 17.5. The molecule has 2 saturated carbocycles. The van der Waals surface area contributed by atoms with Gasteiger partial charge in [-0.25, -0.2) is 14.4 Å². The lowest BCUT2D eigenvalue weighted by molar-refractivity contribution is -0.345. The van der Waals surface area contributed by atoms with Crippen molar-refractivity contribution >= 4 is 41.5 Å². The highest BCUT2D eigenvalue weighted by Gasteiger charge is 2.76. The quantitative estimate of drug-likeness (QED) is 0.0759. The maximum Gasteiger partial charge on any atom is 0.509 e. The van der Waals surface area contributed by atoms with Gasteiger partial charge in [-0.1, -0.05) is 80.6 Å². The predicted octanol–water partition coefficient (Wildman–Crippen LogP) is 5.12. The standard InChI is InChI=1S/C48H55NO14S/c1-7-58-44(55)62-37(35(28-17-11-8-12-18-28)49-41(52)29-19-13-9-14-20-29)43(54)61-31-24-48(57)40(63-42(53)30-21-15-10-16-22-30)38-46(5,39(51)36(50)34(27(31)2)45(48,3)4)32(60-26-64-6)23-33-47(38,56)25-59-33/h8-22,31-33,35-38,40,50,56-57H,7,23-26H2,1-6H3,(H,49,52)/t31?,32?,33?,35?,36?,37?,38?,40?,46-,47?,48?/m1/s1. The molecule has 0 aromatic heterocycles. The van der Waals surface area contributed by atoms with Crippen molar-refractivity contribution in [2.75, 3.05) is 25.4 Å². The van der Waals surface area contributed by atoms with Gasteiger partial charge in [-0.2, -0.15) is 0 Å². The fourth-order valence-electron chi connectivity index (χ4n) is 10.3. The monoisotopic (exact) mass is 901 g/mol. The Hall–Kier alpha value is -5.10. The van der Waals surface area contributed by atoms with E-state index in [1.54, 1.807) is 113 Å². The van der Waals surface area contributed by atoms with E-state index < -0.39 is 107 Å². The first-order valence-corrected chi connectivity index (χ1v) is 22.6. The summed E-state index contributed by atoms with van der Waals surface area (Å²) < 4.78 is 35.6. The van der Waals surface area contributed by atoms with Crippen molar-refractivity contribution in [3.8, 4) is 0 Å². The maximum absolute atomic E-state index is 15.3. The first-order valence-electron chi connectivity index (χ1n) is 21.2. The van der Waals surface area contributed by atoms with E-state index in [1.165, 1.54) is 23.9 Å². The molecule has 1 aliphatic heterocycles.